The summed E-state index contributed by atoms with van der Waals surface area (Å²) in [6, 6.07) is 15.8. The number of nitrogens with zero attached hydrogens (tertiary/aromatic N) is 1. The van der Waals surface area contributed by atoms with Crippen LogP contribution in [0.4, 0.5) is 0 Å². The number of benzene rings is 2. The van der Waals surface area contributed by atoms with Crippen molar-refractivity contribution in [3.05, 3.63) is 80.6 Å². The first-order valence-electron chi connectivity index (χ1n) is 7.80. The molecule has 116 valence electrons. The maximum atomic E-state index is 12.7. The van der Waals surface area contributed by atoms with Crippen LogP contribution in [0.3, 0.4) is 0 Å². The van der Waals surface area contributed by atoms with Crippen molar-refractivity contribution in [2.24, 2.45) is 0 Å². The lowest BCUT2D eigenvalue weighted by Crippen LogP contribution is -2.34. The maximum absolute atomic E-state index is 12.7. The maximum Gasteiger partial charge on any atom is 0.192 e. The number of hydrogen-bond donors (Lipinski definition) is 1. The minimum atomic E-state index is 0.143. The average molecular weight is 325 g/mol. The zero-order valence-corrected chi connectivity index (χ0v) is 13.4. The SMILES string of the molecule is O=c1c2c([nH]c3cc(Cl)ccc13)CN(Cc1ccccc1)CC2. The molecule has 2 heterocycles. The lowest BCUT2D eigenvalue weighted by atomic mass is 10.0. The van der Waals surface area contributed by atoms with Gasteiger partial charge in [0.15, 0.2) is 5.43 Å². The lowest BCUT2D eigenvalue weighted by molar-refractivity contribution is 0.241. The molecule has 3 aromatic rings. The predicted octanol–water partition coefficient (Wildman–Crippen LogP) is 3.74. The molecule has 0 aliphatic carbocycles. The van der Waals surface area contributed by atoms with Crippen molar-refractivity contribution >= 4 is 22.5 Å². The third-order valence-corrected chi connectivity index (χ3v) is 4.69. The highest BCUT2D eigenvalue weighted by Crippen LogP contribution is 2.21. The van der Waals surface area contributed by atoms with Crippen molar-refractivity contribution in [1.29, 1.82) is 0 Å². The number of aromatic amines is 1. The highest BCUT2D eigenvalue weighted by molar-refractivity contribution is 6.31. The molecule has 23 heavy (non-hydrogen) atoms. The number of halogens is 1. The van der Waals surface area contributed by atoms with Gasteiger partial charge >= 0.3 is 0 Å². The Hall–Kier alpha value is -2.10. The van der Waals surface area contributed by atoms with Crippen LogP contribution in [0.25, 0.3) is 10.9 Å². The molecular formula is C19H17ClN2O. The number of nitrogens with one attached hydrogen (secondary N) is 1. The van der Waals surface area contributed by atoms with Crippen molar-refractivity contribution in [3.63, 3.8) is 0 Å². The minimum absolute atomic E-state index is 0.143. The minimum Gasteiger partial charge on any atom is -0.357 e. The molecule has 0 unspecified atom stereocenters. The van der Waals surface area contributed by atoms with E-state index >= 15 is 0 Å². The fourth-order valence-electron chi connectivity index (χ4n) is 3.30. The third-order valence-electron chi connectivity index (χ3n) is 4.46. The van der Waals surface area contributed by atoms with E-state index in [2.05, 4.69) is 34.1 Å². The van der Waals surface area contributed by atoms with Gasteiger partial charge in [0.25, 0.3) is 0 Å². The van der Waals surface area contributed by atoms with Gasteiger partial charge in [-0.1, -0.05) is 41.9 Å². The molecule has 1 aromatic heterocycles. The van der Waals surface area contributed by atoms with Crippen molar-refractivity contribution < 1.29 is 0 Å². The van der Waals surface area contributed by atoms with E-state index < -0.39 is 0 Å². The van der Waals surface area contributed by atoms with Gasteiger partial charge in [-0.25, -0.2) is 0 Å². The number of rotatable bonds is 2. The van der Waals surface area contributed by atoms with E-state index in [1.807, 2.05) is 18.2 Å². The number of H-pyrrole nitrogens is 1. The van der Waals surface area contributed by atoms with Gasteiger partial charge < -0.3 is 4.98 Å². The smallest absolute Gasteiger partial charge is 0.192 e. The first kappa shape index (κ1) is 14.5. The molecule has 0 amide bonds. The Kier molecular flexibility index (Phi) is 3.68. The van der Waals surface area contributed by atoms with Crippen LogP contribution in [0.5, 0.6) is 0 Å². The van der Waals surface area contributed by atoms with Crippen molar-refractivity contribution in [3.8, 4) is 0 Å². The summed E-state index contributed by atoms with van der Waals surface area (Å²) in [5.74, 6) is 0. The molecule has 0 radical (unpaired) electrons. The molecule has 4 heteroatoms. The van der Waals surface area contributed by atoms with Crippen LogP contribution in [-0.4, -0.2) is 16.4 Å². The number of fused-ring (bicyclic) bond motifs is 2. The third kappa shape index (κ3) is 2.78. The molecule has 0 bridgehead atoms. The van der Waals surface area contributed by atoms with Gasteiger partial charge in [0.2, 0.25) is 0 Å². The topological polar surface area (TPSA) is 36.1 Å². The van der Waals surface area contributed by atoms with E-state index in [1.54, 1.807) is 6.07 Å². The van der Waals surface area contributed by atoms with Gasteiger partial charge in [-0.2, -0.15) is 0 Å². The molecule has 0 spiro atoms. The Balaban J connectivity index is 1.69. The van der Waals surface area contributed by atoms with E-state index in [0.29, 0.717) is 5.02 Å². The Bertz CT molecular complexity index is 918. The summed E-state index contributed by atoms with van der Waals surface area (Å²) < 4.78 is 0. The zero-order valence-electron chi connectivity index (χ0n) is 12.7. The normalized spacial score (nSPS) is 14.8. The van der Waals surface area contributed by atoms with Crippen LogP contribution in [0.1, 0.15) is 16.8 Å². The number of aromatic nitrogens is 1. The molecule has 1 N–H and O–H groups in total. The Labute approximate surface area is 139 Å². The van der Waals surface area contributed by atoms with Crippen LogP contribution in [0.2, 0.25) is 5.02 Å². The van der Waals surface area contributed by atoms with Crippen LogP contribution in [-0.2, 0) is 19.5 Å². The Morgan fingerprint density at radius 1 is 1.13 bits per heavy atom. The molecule has 0 atom stereocenters. The van der Waals surface area contributed by atoms with E-state index in [-0.39, 0.29) is 5.43 Å². The molecular weight excluding hydrogens is 308 g/mol. The van der Waals surface area contributed by atoms with Crippen LogP contribution < -0.4 is 5.43 Å². The summed E-state index contributed by atoms with van der Waals surface area (Å²) in [5, 5.41) is 1.37. The first-order chi connectivity index (χ1) is 11.2. The number of hydrogen-bond acceptors (Lipinski definition) is 2. The molecule has 0 fully saturated rings. The van der Waals surface area contributed by atoms with Crippen LogP contribution in [0.15, 0.2) is 53.3 Å². The zero-order chi connectivity index (χ0) is 15.8. The predicted molar refractivity (Wildman–Crippen MR) is 93.8 cm³/mol. The van der Waals surface area contributed by atoms with Crippen molar-refractivity contribution in [2.45, 2.75) is 19.5 Å². The van der Waals surface area contributed by atoms with E-state index in [4.69, 9.17) is 11.6 Å². The van der Waals surface area contributed by atoms with Gasteiger partial charge in [-0.05, 0) is 30.2 Å². The van der Waals surface area contributed by atoms with E-state index in [9.17, 15) is 4.79 Å². The quantitative estimate of drug-likeness (QED) is 0.779. The first-order valence-corrected chi connectivity index (χ1v) is 8.18. The standard InChI is InChI=1S/C19H17ClN2O/c20-14-6-7-15-17(10-14)21-18-12-22(9-8-16(18)19(15)23)11-13-4-2-1-3-5-13/h1-7,10H,8-9,11-12H2,(H,21,23). The van der Waals surface area contributed by atoms with Crippen LogP contribution >= 0.6 is 11.6 Å². The summed E-state index contributed by atoms with van der Waals surface area (Å²) in [5.41, 5.74) is 4.20. The largest absolute Gasteiger partial charge is 0.357 e. The monoisotopic (exact) mass is 324 g/mol. The molecule has 0 saturated carbocycles. The van der Waals surface area contributed by atoms with Gasteiger partial charge in [0.05, 0.1) is 5.52 Å². The van der Waals surface area contributed by atoms with Crippen molar-refractivity contribution in [1.82, 2.24) is 9.88 Å². The fourth-order valence-corrected chi connectivity index (χ4v) is 3.48. The van der Waals surface area contributed by atoms with Crippen molar-refractivity contribution in [2.75, 3.05) is 6.54 Å². The van der Waals surface area contributed by atoms with Crippen LogP contribution in [0, 0.1) is 0 Å². The molecule has 1 aliphatic heterocycles. The number of pyridine rings is 1. The van der Waals surface area contributed by atoms with Gasteiger partial charge in [0, 0.05) is 41.3 Å². The molecule has 2 aromatic carbocycles. The summed E-state index contributed by atoms with van der Waals surface area (Å²) >= 11 is 6.06. The molecule has 3 nitrogen and oxygen atoms in total. The highest BCUT2D eigenvalue weighted by atomic mass is 35.5. The van der Waals surface area contributed by atoms with E-state index in [0.717, 1.165) is 48.2 Å². The molecule has 0 saturated heterocycles. The summed E-state index contributed by atoms with van der Waals surface area (Å²) in [6.07, 6.45) is 0.788. The second kappa shape index (κ2) is 5.84. The fraction of sp³-hybridized carbons (Fsp3) is 0.211. The Morgan fingerprint density at radius 3 is 2.78 bits per heavy atom. The molecule has 4 rings (SSSR count). The average Bonchev–Trinajstić information content (AvgIpc) is 2.55. The van der Waals surface area contributed by atoms with Gasteiger partial charge in [-0.3, -0.25) is 9.69 Å². The second-order valence-electron chi connectivity index (χ2n) is 6.05. The summed E-state index contributed by atoms with van der Waals surface area (Å²) in [6.45, 7) is 2.57. The highest BCUT2D eigenvalue weighted by Gasteiger charge is 2.20. The lowest BCUT2D eigenvalue weighted by Gasteiger charge is -2.28. The Morgan fingerprint density at radius 2 is 1.96 bits per heavy atom. The van der Waals surface area contributed by atoms with Gasteiger partial charge in [-0.15, -0.1) is 0 Å². The second-order valence-corrected chi connectivity index (χ2v) is 6.48. The van der Waals surface area contributed by atoms with E-state index in [1.165, 1.54) is 5.56 Å². The summed E-state index contributed by atoms with van der Waals surface area (Å²) in [4.78, 5) is 18.5. The van der Waals surface area contributed by atoms with Gasteiger partial charge in [0.1, 0.15) is 0 Å². The summed E-state index contributed by atoms with van der Waals surface area (Å²) in [7, 11) is 0. The molecule has 1 aliphatic rings.